The van der Waals surface area contributed by atoms with E-state index < -0.39 is 0 Å². The van der Waals surface area contributed by atoms with E-state index in [4.69, 9.17) is 4.98 Å². The van der Waals surface area contributed by atoms with Crippen LogP contribution in [0.25, 0.3) is 89.0 Å². The van der Waals surface area contributed by atoms with Crippen LogP contribution in [0.5, 0.6) is 0 Å². The molecule has 2 aromatic heterocycles. The Morgan fingerprint density at radius 1 is 0.364 bits per heavy atom. The highest BCUT2D eigenvalue weighted by Crippen LogP contribution is 2.58. The van der Waals surface area contributed by atoms with Crippen LogP contribution < -0.4 is 0 Å². The lowest BCUT2D eigenvalue weighted by Crippen LogP contribution is -1.97. The molecule has 8 aromatic rings. The fraction of sp³-hybridized carbons (Fsp3) is 0. The molecule has 0 fully saturated rings. The first-order chi connectivity index (χ1) is 21.9. The van der Waals surface area contributed by atoms with Crippen molar-refractivity contribution < 1.29 is 0 Å². The Hall–Kier alpha value is -6.00. The molecule has 0 atom stereocenters. The van der Waals surface area contributed by atoms with Gasteiger partial charge in [-0.25, -0.2) is 15.0 Å². The Labute approximate surface area is 254 Å². The quantitative estimate of drug-likeness (QED) is 0.215. The minimum Gasteiger partial charge on any atom is -0.253 e. The van der Waals surface area contributed by atoms with E-state index in [1.165, 1.54) is 60.7 Å². The molecule has 0 radical (unpaired) electrons. The molecule has 0 bridgehead atoms. The third-order valence-electron chi connectivity index (χ3n) is 8.63. The van der Waals surface area contributed by atoms with E-state index in [-0.39, 0.29) is 0 Å². The van der Waals surface area contributed by atoms with Crippen LogP contribution >= 0.6 is 0 Å². The zero-order chi connectivity index (χ0) is 29.0. The predicted molar refractivity (Wildman–Crippen MR) is 179 cm³/mol. The summed E-state index contributed by atoms with van der Waals surface area (Å²) >= 11 is 0. The zero-order valence-corrected chi connectivity index (χ0v) is 23.6. The Bertz CT molecular complexity index is 2270. The second-order valence-electron chi connectivity index (χ2n) is 11.0. The van der Waals surface area contributed by atoms with Crippen molar-refractivity contribution in [2.24, 2.45) is 0 Å². The minimum absolute atomic E-state index is 0.561. The normalized spacial score (nSPS) is 11.6. The van der Waals surface area contributed by atoms with Gasteiger partial charge in [0.05, 0.1) is 0 Å². The average Bonchev–Trinajstić information content (AvgIpc) is 3.43. The first-order valence-corrected chi connectivity index (χ1v) is 14.7. The summed E-state index contributed by atoms with van der Waals surface area (Å²) in [6, 6.07) is 47.2. The topological polar surface area (TPSA) is 51.6 Å². The van der Waals surface area contributed by atoms with Gasteiger partial charge in [0.25, 0.3) is 0 Å². The van der Waals surface area contributed by atoms with Crippen LogP contribution in [0.2, 0.25) is 0 Å². The van der Waals surface area contributed by atoms with Crippen LogP contribution in [-0.4, -0.2) is 19.9 Å². The van der Waals surface area contributed by atoms with Gasteiger partial charge in [0.2, 0.25) is 0 Å². The molecular formula is C40H24N4. The summed E-state index contributed by atoms with van der Waals surface area (Å²) in [5, 5.41) is 4.85. The van der Waals surface area contributed by atoms with Crippen molar-refractivity contribution in [1.82, 2.24) is 19.9 Å². The molecule has 0 unspecified atom stereocenters. The van der Waals surface area contributed by atoms with Crippen molar-refractivity contribution in [2.45, 2.75) is 0 Å². The number of aromatic nitrogens is 4. The molecule has 0 amide bonds. The number of hydrogen-bond acceptors (Lipinski definition) is 4. The van der Waals surface area contributed by atoms with Gasteiger partial charge < -0.3 is 0 Å². The highest BCUT2D eigenvalue weighted by Gasteiger charge is 2.31. The van der Waals surface area contributed by atoms with Crippen molar-refractivity contribution >= 4 is 21.5 Å². The number of pyridine rings is 1. The second-order valence-corrected chi connectivity index (χ2v) is 11.0. The summed E-state index contributed by atoms with van der Waals surface area (Å²) in [7, 11) is 0. The lowest BCUT2D eigenvalue weighted by atomic mass is 9.82. The second kappa shape index (κ2) is 9.79. The van der Waals surface area contributed by atoms with Crippen molar-refractivity contribution in [3.8, 4) is 67.4 Å². The van der Waals surface area contributed by atoms with Crippen molar-refractivity contribution in [2.75, 3.05) is 0 Å². The molecule has 9 rings (SSSR count). The summed E-state index contributed by atoms with van der Waals surface area (Å²) in [6.45, 7) is 0. The van der Waals surface area contributed by atoms with Crippen LogP contribution in [0.1, 0.15) is 0 Å². The SMILES string of the molecule is c1ccc(-c2c3c(c(-c4ccccc4)c4ccccc24)-c2ccc(-c4ncnc(-c5ccccn5)n4)c4cccc-3c24)cc1. The van der Waals surface area contributed by atoms with Gasteiger partial charge in [-0.1, -0.05) is 115 Å². The first kappa shape index (κ1) is 24.6. The van der Waals surface area contributed by atoms with E-state index >= 15 is 0 Å². The Kier molecular flexibility index (Phi) is 5.47. The van der Waals surface area contributed by atoms with Crippen LogP contribution in [0.4, 0.5) is 0 Å². The third kappa shape index (κ3) is 3.64. The number of fused-ring (bicyclic) bond motifs is 4. The molecule has 4 nitrogen and oxygen atoms in total. The number of nitrogens with zero attached hydrogens (tertiary/aromatic N) is 4. The Morgan fingerprint density at radius 3 is 1.59 bits per heavy atom. The molecule has 204 valence electrons. The molecule has 6 aromatic carbocycles. The molecule has 4 heteroatoms. The maximum atomic E-state index is 4.88. The molecular weight excluding hydrogens is 536 g/mol. The molecule has 1 aliphatic carbocycles. The summed E-state index contributed by atoms with van der Waals surface area (Å²) in [5.74, 6) is 1.20. The lowest BCUT2D eigenvalue weighted by Gasteiger charge is -2.20. The molecule has 0 saturated carbocycles. The van der Waals surface area contributed by atoms with E-state index in [0.717, 1.165) is 16.6 Å². The van der Waals surface area contributed by atoms with Gasteiger partial charge in [-0.05, 0) is 84.3 Å². The smallest absolute Gasteiger partial charge is 0.181 e. The molecule has 0 aliphatic heterocycles. The van der Waals surface area contributed by atoms with Gasteiger partial charge in [-0.2, -0.15) is 0 Å². The first-order valence-electron chi connectivity index (χ1n) is 14.7. The molecule has 0 saturated heterocycles. The summed E-state index contributed by atoms with van der Waals surface area (Å²) in [4.78, 5) is 18.4. The lowest BCUT2D eigenvalue weighted by molar-refractivity contribution is 1.05. The average molecular weight is 561 g/mol. The van der Waals surface area contributed by atoms with Gasteiger partial charge in [0.1, 0.15) is 12.0 Å². The van der Waals surface area contributed by atoms with Crippen molar-refractivity contribution in [3.05, 3.63) is 146 Å². The van der Waals surface area contributed by atoms with Crippen molar-refractivity contribution in [3.63, 3.8) is 0 Å². The van der Waals surface area contributed by atoms with Gasteiger partial charge in [0.15, 0.2) is 11.6 Å². The van der Waals surface area contributed by atoms with Crippen LogP contribution in [-0.2, 0) is 0 Å². The maximum Gasteiger partial charge on any atom is 0.181 e. The van der Waals surface area contributed by atoms with Crippen LogP contribution in [0.3, 0.4) is 0 Å². The highest BCUT2D eigenvalue weighted by atomic mass is 15.0. The Morgan fingerprint density at radius 2 is 0.932 bits per heavy atom. The van der Waals surface area contributed by atoms with Gasteiger partial charge in [0, 0.05) is 11.8 Å². The fourth-order valence-electron chi connectivity index (χ4n) is 6.85. The van der Waals surface area contributed by atoms with E-state index in [0.29, 0.717) is 11.6 Å². The minimum atomic E-state index is 0.561. The maximum absolute atomic E-state index is 4.88. The van der Waals surface area contributed by atoms with E-state index in [9.17, 15) is 0 Å². The van der Waals surface area contributed by atoms with E-state index in [1.54, 1.807) is 12.5 Å². The number of rotatable bonds is 4. The number of hydrogen-bond donors (Lipinski definition) is 0. The predicted octanol–water partition coefficient (Wildman–Crippen LogP) is 9.89. The van der Waals surface area contributed by atoms with Crippen LogP contribution in [0.15, 0.2) is 146 Å². The largest absolute Gasteiger partial charge is 0.253 e. The summed E-state index contributed by atoms with van der Waals surface area (Å²) < 4.78 is 0. The standard InChI is InChI=1S/C40H24N4/c1-3-12-25(13-4-1)34-27-16-7-8-17-28(27)35(26-14-5-2-6-15-26)38-32-22-21-30(29-18-11-19-31(36(29)32)37(34)38)39-42-24-43-40(44-39)33-20-9-10-23-41-33/h1-24H. The van der Waals surface area contributed by atoms with Crippen LogP contribution in [0, 0.1) is 0 Å². The number of benzene rings is 6. The van der Waals surface area contributed by atoms with E-state index in [2.05, 4.69) is 130 Å². The zero-order valence-electron chi connectivity index (χ0n) is 23.6. The molecule has 44 heavy (non-hydrogen) atoms. The van der Waals surface area contributed by atoms with E-state index in [1.807, 2.05) is 18.2 Å². The van der Waals surface area contributed by atoms with Gasteiger partial charge in [-0.3, -0.25) is 4.98 Å². The van der Waals surface area contributed by atoms with Gasteiger partial charge in [-0.15, -0.1) is 0 Å². The molecule has 1 aliphatic rings. The summed E-state index contributed by atoms with van der Waals surface area (Å²) in [5.41, 5.74) is 11.7. The Balaban J connectivity index is 1.39. The third-order valence-corrected chi connectivity index (χ3v) is 8.63. The molecule has 0 spiro atoms. The summed E-state index contributed by atoms with van der Waals surface area (Å²) in [6.07, 6.45) is 3.34. The fourth-order valence-corrected chi connectivity index (χ4v) is 6.85. The van der Waals surface area contributed by atoms with Crippen molar-refractivity contribution in [1.29, 1.82) is 0 Å². The molecule has 0 N–H and O–H groups in total. The molecule has 2 heterocycles. The van der Waals surface area contributed by atoms with Gasteiger partial charge >= 0.3 is 0 Å². The highest BCUT2D eigenvalue weighted by molar-refractivity contribution is 6.28. The monoisotopic (exact) mass is 560 g/mol.